The van der Waals surface area contributed by atoms with E-state index < -0.39 is 10.9 Å². The minimum absolute atomic E-state index is 0.331. The highest BCUT2D eigenvalue weighted by atomic mass is 35.5. The number of halogens is 2. The average molecular weight is 243 g/mol. The quantitative estimate of drug-likeness (QED) is 0.508. The van der Waals surface area contributed by atoms with Crippen LogP contribution in [0.1, 0.15) is 25.7 Å². The van der Waals surface area contributed by atoms with E-state index in [1.54, 1.807) is 0 Å². The number of hydrogen-bond donors (Lipinski definition) is 0. The van der Waals surface area contributed by atoms with Gasteiger partial charge in [-0.2, -0.15) is 0 Å². The molecular weight excluding hydrogens is 231 g/mol. The van der Waals surface area contributed by atoms with Crippen LogP contribution in [0, 0.1) is 0 Å². The maximum Gasteiger partial charge on any atom is 0.403 e. The van der Waals surface area contributed by atoms with Crippen LogP contribution in [0.3, 0.4) is 0 Å². The van der Waals surface area contributed by atoms with Crippen molar-refractivity contribution in [3.63, 3.8) is 0 Å². The molecule has 0 aromatic rings. The van der Waals surface area contributed by atoms with E-state index in [1.165, 1.54) is 0 Å². The zero-order valence-corrected chi connectivity index (χ0v) is 9.14. The van der Waals surface area contributed by atoms with Gasteiger partial charge in [0.05, 0.1) is 13.2 Å². The van der Waals surface area contributed by atoms with Crippen LogP contribution in [0.2, 0.25) is 0 Å². The molecule has 0 aromatic carbocycles. The van der Waals surface area contributed by atoms with Crippen LogP contribution in [0.25, 0.3) is 0 Å². The first kappa shape index (κ1) is 13.5. The van der Waals surface area contributed by atoms with Gasteiger partial charge in [-0.15, -0.1) is 0 Å². The van der Waals surface area contributed by atoms with Gasteiger partial charge in [0, 0.05) is 23.2 Å². The van der Waals surface area contributed by atoms with Crippen molar-refractivity contribution in [2.75, 3.05) is 13.2 Å². The first-order chi connectivity index (χ1) is 6.63. The lowest BCUT2D eigenvalue weighted by Gasteiger charge is -2.01. The second-order valence-electron chi connectivity index (χ2n) is 2.59. The number of ether oxygens (including phenoxy) is 2. The van der Waals surface area contributed by atoms with Crippen molar-refractivity contribution >= 4 is 34.1 Å². The van der Waals surface area contributed by atoms with E-state index in [1.807, 2.05) is 0 Å². The lowest BCUT2D eigenvalue weighted by molar-refractivity contribution is 0.165. The van der Waals surface area contributed by atoms with Gasteiger partial charge in [-0.25, -0.2) is 9.59 Å². The fraction of sp³-hybridized carbons (Fsp3) is 0.750. The fourth-order valence-electron chi connectivity index (χ4n) is 0.863. The summed E-state index contributed by atoms with van der Waals surface area (Å²) in [5.41, 5.74) is -1.55. The molecule has 0 rings (SSSR count). The molecule has 14 heavy (non-hydrogen) atoms. The maximum absolute atomic E-state index is 10.1. The van der Waals surface area contributed by atoms with Gasteiger partial charge in [0.1, 0.15) is 0 Å². The zero-order chi connectivity index (χ0) is 10.8. The van der Waals surface area contributed by atoms with E-state index in [2.05, 4.69) is 9.47 Å². The highest BCUT2D eigenvalue weighted by Gasteiger charge is 1.97. The van der Waals surface area contributed by atoms with Crippen LogP contribution in [-0.4, -0.2) is 24.1 Å². The van der Waals surface area contributed by atoms with Crippen molar-refractivity contribution in [3.05, 3.63) is 0 Å². The molecule has 0 unspecified atom stereocenters. The lowest BCUT2D eigenvalue weighted by atomic mass is 10.2. The van der Waals surface area contributed by atoms with Crippen LogP contribution in [0.4, 0.5) is 9.59 Å². The van der Waals surface area contributed by atoms with Gasteiger partial charge < -0.3 is 9.47 Å². The molecule has 4 nitrogen and oxygen atoms in total. The van der Waals surface area contributed by atoms with Crippen molar-refractivity contribution in [1.82, 2.24) is 0 Å². The smallest absolute Gasteiger partial charge is 0.403 e. The van der Waals surface area contributed by atoms with Crippen molar-refractivity contribution in [1.29, 1.82) is 0 Å². The highest BCUT2D eigenvalue weighted by Crippen LogP contribution is 2.02. The van der Waals surface area contributed by atoms with Gasteiger partial charge in [-0.05, 0) is 25.7 Å². The molecule has 6 heteroatoms. The largest absolute Gasteiger partial charge is 0.454 e. The Balaban J connectivity index is 2.99. The summed E-state index contributed by atoms with van der Waals surface area (Å²) in [6, 6.07) is 0. The number of hydrogen-bond acceptors (Lipinski definition) is 4. The molecular formula is C8H12Cl2O4. The number of carbonyl (C=O) groups is 2. The van der Waals surface area contributed by atoms with E-state index in [4.69, 9.17) is 23.2 Å². The Morgan fingerprint density at radius 1 is 0.786 bits per heavy atom. The Bertz CT molecular complexity index is 164. The Hall–Kier alpha value is -0.480. The Labute approximate surface area is 92.5 Å². The zero-order valence-electron chi connectivity index (χ0n) is 7.63. The molecule has 0 radical (unpaired) electrons. The van der Waals surface area contributed by atoms with E-state index in [0.717, 1.165) is 25.7 Å². The molecule has 0 aliphatic rings. The lowest BCUT2D eigenvalue weighted by Crippen LogP contribution is -1.98. The van der Waals surface area contributed by atoms with Crippen LogP contribution in [-0.2, 0) is 9.47 Å². The highest BCUT2D eigenvalue weighted by molar-refractivity contribution is 6.61. The van der Waals surface area contributed by atoms with Gasteiger partial charge in [-0.3, -0.25) is 0 Å². The molecule has 0 aliphatic heterocycles. The van der Waals surface area contributed by atoms with E-state index in [0.29, 0.717) is 13.2 Å². The minimum atomic E-state index is -0.777. The standard InChI is InChI=1S/C8H12Cl2O4/c9-7(11)13-5-3-1-2-4-6-14-8(10)12/h1-6H2. The molecule has 0 bridgehead atoms. The van der Waals surface area contributed by atoms with Gasteiger partial charge in [-0.1, -0.05) is 0 Å². The predicted octanol–water partition coefficient (Wildman–Crippen LogP) is 3.30. The Morgan fingerprint density at radius 2 is 1.14 bits per heavy atom. The second-order valence-corrected chi connectivity index (χ2v) is 3.20. The fourth-order valence-corrected chi connectivity index (χ4v) is 1.02. The number of carbonyl (C=O) groups excluding carboxylic acids is 2. The van der Waals surface area contributed by atoms with Crippen molar-refractivity contribution in [2.24, 2.45) is 0 Å². The molecule has 82 valence electrons. The summed E-state index contributed by atoms with van der Waals surface area (Å²) in [5.74, 6) is 0. The predicted molar refractivity (Wildman–Crippen MR) is 52.9 cm³/mol. The average Bonchev–Trinajstić information content (AvgIpc) is 2.08. The topological polar surface area (TPSA) is 52.6 Å². The summed E-state index contributed by atoms with van der Waals surface area (Å²) in [6.45, 7) is 0.662. The van der Waals surface area contributed by atoms with Crippen LogP contribution >= 0.6 is 23.2 Å². The SMILES string of the molecule is O=C(Cl)OCCCCCCOC(=O)Cl. The summed E-state index contributed by atoms with van der Waals surface area (Å²) >= 11 is 9.88. The van der Waals surface area contributed by atoms with Gasteiger partial charge in [0.15, 0.2) is 0 Å². The Morgan fingerprint density at radius 3 is 1.43 bits per heavy atom. The molecule has 0 aromatic heterocycles. The second kappa shape index (κ2) is 9.09. The third-order valence-corrected chi connectivity index (χ3v) is 1.69. The number of rotatable bonds is 7. The monoisotopic (exact) mass is 242 g/mol. The molecule has 0 saturated carbocycles. The molecule has 0 heterocycles. The van der Waals surface area contributed by atoms with E-state index >= 15 is 0 Å². The third kappa shape index (κ3) is 11.5. The van der Waals surface area contributed by atoms with Crippen LogP contribution in [0.15, 0.2) is 0 Å². The van der Waals surface area contributed by atoms with Gasteiger partial charge >= 0.3 is 10.9 Å². The minimum Gasteiger partial charge on any atom is -0.454 e. The molecule has 0 fully saturated rings. The Kier molecular flexibility index (Phi) is 8.78. The summed E-state index contributed by atoms with van der Waals surface area (Å²) in [4.78, 5) is 20.2. The van der Waals surface area contributed by atoms with Crippen molar-refractivity contribution in [3.8, 4) is 0 Å². The normalized spacial score (nSPS) is 9.57. The van der Waals surface area contributed by atoms with Crippen molar-refractivity contribution < 1.29 is 19.1 Å². The molecule has 0 aliphatic carbocycles. The third-order valence-electron chi connectivity index (χ3n) is 1.47. The first-order valence-electron chi connectivity index (χ1n) is 4.27. The van der Waals surface area contributed by atoms with Crippen LogP contribution < -0.4 is 0 Å². The molecule has 0 amide bonds. The maximum atomic E-state index is 10.1. The van der Waals surface area contributed by atoms with Gasteiger partial charge in [0.2, 0.25) is 0 Å². The van der Waals surface area contributed by atoms with E-state index in [-0.39, 0.29) is 0 Å². The van der Waals surface area contributed by atoms with E-state index in [9.17, 15) is 9.59 Å². The van der Waals surface area contributed by atoms with Crippen molar-refractivity contribution in [2.45, 2.75) is 25.7 Å². The summed E-state index contributed by atoms with van der Waals surface area (Å²) in [5, 5.41) is 0. The summed E-state index contributed by atoms with van der Waals surface area (Å²) in [6.07, 6.45) is 3.30. The first-order valence-corrected chi connectivity index (χ1v) is 5.03. The molecule has 0 saturated heterocycles. The summed E-state index contributed by atoms with van der Waals surface area (Å²) < 4.78 is 9.01. The molecule has 0 spiro atoms. The summed E-state index contributed by atoms with van der Waals surface area (Å²) in [7, 11) is 0. The number of unbranched alkanes of at least 4 members (excludes halogenated alkanes) is 3. The van der Waals surface area contributed by atoms with Crippen LogP contribution in [0.5, 0.6) is 0 Å². The molecule has 0 atom stereocenters. The van der Waals surface area contributed by atoms with Gasteiger partial charge in [0.25, 0.3) is 0 Å². The molecule has 0 N–H and O–H groups in total.